The van der Waals surface area contributed by atoms with Gasteiger partial charge in [0.1, 0.15) is 0 Å². The predicted octanol–water partition coefficient (Wildman–Crippen LogP) is 1.99. The van der Waals surface area contributed by atoms with Gasteiger partial charge < -0.3 is 5.73 Å². The standard InChI is InChI=1S/C9H12IN/c10-7-9(11)6-8-4-2-1-3-5-8/h1-5,9H,6-7,11H2. The first-order valence-electron chi connectivity index (χ1n) is 3.68. The van der Waals surface area contributed by atoms with E-state index >= 15 is 0 Å². The Morgan fingerprint density at radius 2 is 1.91 bits per heavy atom. The monoisotopic (exact) mass is 261 g/mol. The van der Waals surface area contributed by atoms with E-state index in [1.165, 1.54) is 5.56 Å². The summed E-state index contributed by atoms with van der Waals surface area (Å²) in [6.07, 6.45) is 0.990. The number of rotatable bonds is 3. The van der Waals surface area contributed by atoms with Crippen LogP contribution in [0.3, 0.4) is 0 Å². The number of benzene rings is 1. The maximum absolute atomic E-state index is 5.80. The van der Waals surface area contributed by atoms with E-state index in [1.54, 1.807) is 0 Å². The summed E-state index contributed by atoms with van der Waals surface area (Å²) in [5, 5.41) is 0. The maximum Gasteiger partial charge on any atom is 0.0170 e. The summed E-state index contributed by atoms with van der Waals surface area (Å²) in [5.74, 6) is 0. The van der Waals surface area contributed by atoms with E-state index in [-0.39, 0.29) is 0 Å². The lowest BCUT2D eigenvalue weighted by Gasteiger charge is -2.06. The summed E-state index contributed by atoms with van der Waals surface area (Å²) < 4.78 is 1.02. The third-order valence-corrected chi connectivity index (χ3v) is 2.67. The highest BCUT2D eigenvalue weighted by Gasteiger charge is 1.99. The smallest absolute Gasteiger partial charge is 0.0170 e. The van der Waals surface area contributed by atoms with Crippen molar-refractivity contribution in [3.8, 4) is 0 Å². The van der Waals surface area contributed by atoms with E-state index in [1.807, 2.05) is 6.07 Å². The molecule has 0 aliphatic carbocycles. The molecule has 0 aliphatic rings. The summed E-state index contributed by atoms with van der Waals surface area (Å²) in [6.45, 7) is 0. The van der Waals surface area contributed by atoms with Crippen LogP contribution in [0.25, 0.3) is 0 Å². The summed E-state index contributed by atoms with van der Waals surface area (Å²) in [7, 11) is 0. The van der Waals surface area contributed by atoms with Gasteiger partial charge in [-0.3, -0.25) is 0 Å². The first kappa shape index (κ1) is 9.00. The van der Waals surface area contributed by atoms with Crippen LogP contribution in [0, 0.1) is 0 Å². The van der Waals surface area contributed by atoms with Crippen molar-refractivity contribution < 1.29 is 0 Å². The second kappa shape index (κ2) is 4.72. The minimum Gasteiger partial charge on any atom is -0.327 e. The fraction of sp³-hybridized carbons (Fsp3) is 0.333. The van der Waals surface area contributed by atoms with Crippen molar-refractivity contribution in [2.75, 3.05) is 4.43 Å². The van der Waals surface area contributed by atoms with Gasteiger partial charge in [-0.2, -0.15) is 0 Å². The Morgan fingerprint density at radius 3 is 2.45 bits per heavy atom. The zero-order valence-electron chi connectivity index (χ0n) is 6.33. The van der Waals surface area contributed by atoms with Crippen LogP contribution < -0.4 is 5.73 Å². The molecule has 0 saturated carbocycles. The molecule has 0 radical (unpaired) electrons. The van der Waals surface area contributed by atoms with Gasteiger partial charge in [-0.1, -0.05) is 52.9 Å². The molecule has 0 saturated heterocycles. The van der Waals surface area contributed by atoms with Crippen molar-refractivity contribution in [2.24, 2.45) is 5.73 Å². The molecule has 60 valence electrons. The van der Waals surface area contributed by atoms with Crippen molar-refractivity contribution >= 4 is 22.6 Å². The van der Waals surface area contributed by atoms with Crippen molar-refractivity contribution in [1.82, 2.24) is 0 Å². The van der Waals surface area contributed by atoms with Gasteiger partial charge in [-0.05, 0) is 12.0 Å². The molecule has 0 aliphatic heterocycles. The van der Waals surface area contributed by atoms with Gasteiger partial charge in [0.15, 0.2) is 0 Å². The average molecular weight is 261 g/mol. The molecule has 2 heteroatoms. The largest absolute Gasteiger partial charge is 0.327 e. The van der Waals surface area contributed by atoms with E-state index in [4.69, 9.17) is 5.73 Å². The highest BCUT2D eigenvalue weighted by Crippen LogP contribution is 2.02. The summed E-state index contributed by atoms with van der Waals surface area (Å²) in [6, 6.07) is 10.7. The lowest BCUT2D eigenvalue weighted by molar-refractivity contribution is 0.759. The second-order valence-electron chi connectivity index (χ2n) is 2.60. The van der Waals surface area contributed by atoms with Crippen molar-refractivity contribution in [2.45, 2.75) is 12.5 Å². The number of halogens is 1. The Morgan fingerprint density at radius 1 is 1.27 bits per heavy atom. The molecule has 0 amide bonds. The Hall–Kier alpha value is -0.0900. The molecule has 1 aromatic carbocycles. The lowest BCUT2D eigenvalue weighted by atomic mass is 10.1. The molecule has 2 N–H and O–H groups in total. The van der Waals surface area contributed by atoms with Gasteiger partial charge in [0.2, 0.25) is 0 Å². The van der Waals surface area contributed by atoms with Crippen molar-refractivity contribution in [1.29, 1.82) is 0 Å². The SMILES string of the molecule is NC(CI)Cc1ccccc1. The van der Waals surface area contributed by atoms with Crippen LogP contribution in [0.15, 0.2) is 30.3 Å². The van der Waals surface area contributed by atoms with Crippen LogP contribution >= 0.6 is 22.6 Å². The Bertz CT molecular complexity index is 198. The van der Waals surface area contributed by atoms with Crippen LogP contribution in [0.4, 0.5) is 0 Å². The fourth-order valence-corrected chi connectivity index (χ4v) is 1.28. The Balaban J connectivity index is 2.51. The summed E-state index contributed by atoms with van der Waals surface area (Å²) in [4.78, 5) is 0. The second-order valence-corrected chi connectivity index (χ2v) is 3.48. The normalized spacial score (nSPS) is 12.9. The summed E-state index contributed by atoms with van der Waals surface area (Å²) in [5.41, 5.74) is 7.13. The van der Waals surface area contributed by atoms with Gasteiger partial charge in [-0.15, -0.1) is 0 Å². The van der Waals surface area contributed by atoms with Gasteiger partial charge in [0.05, 0.1) is 0 Å². The molecule has 1 atom stereocenters. The van der Waals surface area contributed by atoms with Gasteiger partial charge in [0.25, 0.3) is 0 Å². The topological polar surface area (TPSA) is 26.0 Å². The highest BCUT2D eigenvalue weighted by molar-refractivity contribution is 14.1. The van der Waals surface area contributed by atoms with Crippen LogP contribution in [0.5, 0.6) is 0 Å². The van der Waals surface area contributed by atoms with Crippen LogP contribution in [0.1, 0.15) is 5.56 Å². The van der Waals surface area contributed by atoms with E-state index in [2.05, 4.69) is 46.9 Å². The van der Waals surface area contributed by atoms with E-state index in [0.717, 1.165) is 10.8 Å². The van der Waals surface area contributed by atoms with Crippen LogP contribution in [-0.2, 0) is 6.42 Å². The van der Waals surface area contributed by atoms with Crippen molar-refractivity contribution in [3.05, 3.63) is 35.9 Å². The number of hydrogen-bond acceptors (Lipinski definition) is 1. The van der Waals surface area contributed by atoms with Gasteiger partial charge in [0, 0.05) is 10.5 Å². The third-order valence-electron chi connectivity index (χ3n) is 1.54. The number of hydrogen-bond donors (Lipinski definition) is 1. The molecule has 1 unspecified atom stereocenters. The maximum atomic E-state index is 5.80. The molecule has 0 heterocycles. The minimum absolute atomic E-state index is 0.304. The van der Waals surface area contributed by atoms with Gasteiger partial charge >= 0.3 is 0 Å². The highest BCUT2D eigenvalue weighted by atomic mass is 127. The zero-order chi connectivity index (χ0) is 8.10. The molecule has 0 fully saturated rings. The molecule has 1 nitrogen and oxygen atoms in total. The van der Waals surface area contributed by atoms with Gasteiger partial charge in [-0.25, -0.2) is 0 Å². The first-order valence-corrected chi connectivity index (χ1v) is 5.21. The lowest BCUT2D eigenvalue weighted by Crippen LogP contribution is -2.23. The summed E-state index contributed by atoms with van der Waals surface area (Å²) >= 11 is 2.32. The zero-order valence-corrected chi connectivity index (χ0v) is 8.49. The van der Waals surface area contributed by atoms with E-state index < -0.39 is 0 Å². The number of nitrogens with two attached hydrogens (primary N) is 1. The van der Waals surface area contributed by atoms with E-state index in [0.29, 0.717) is 6.04 Å². The molecular weight excluding hydrogens is 249 g/mol. The minimum atomic E-state index is 0.304. The molecule has 1 aromatic rings. The van der Waals surface area contributed by atoms with Crippen LogP contribution in [0.2, 0.25) is 0 Å². The Kier molecular flexibility index (Phi) is 3.86. The quantitative estimate of drug-likeness (QED) is 0.653. The first-order chi connectivity index (χ1) is 5.33. The van der Waals surface area contributed by atoms with E-state index in [9.17, 15) is 0 Å². The molecule has 0 bridgehead atoms. The predicted molar refractivity (Wildman–Crippen MR) is 57.0 cm³/mol. The van der Waals surface area contributed by atoms with Crippen molar-refractivity contribution in [3.63, 3.8) is 0 Å². The number of alkyl halides is 1. The molecule has 1 rings (SSSR count). The molecule has 11 heavy (non-hydrogen) atoms. The Labute approximate surface area is 81.1 Å². The molecule has 0 spiro atoms. The molecule has 0 aromatic heterocycles. The molecular formula is C9H12IN. The van der Waals surface area contributed by atoms with Crippen LogP contribution in [-0.4, -0.2) is 10.5 Å². The third kappa shape index (κ3) is 3.20. The average Bonchev–Trinajstić information content (AvgIpc) is 2.06. The fourth-order valence-electron chi connectivity index (χ4n) is 0.971.